The highest BCUT2D eigenvalue weighted by molar-refractivity contribution is 6.33. The van der Waals surface area contributed by atoms with Crippen molar-refractivity contribution in [2.24, 2.45) is 7.05 Å². The third kappa shape index (κ3) is 1.83. The second-order valence-corrected chi connectivity index (χ2v) is 3.94. The Morgan fingerprint density at radius 3 is 2.60 bits per heavy atom. The molecular formula is C11H12ClN3. The average molecular weight is 222 g/mol. The summed E-state index contributed by atoms with van der Waals surface area (Å²) in [5, 5.41) is 4.93. The summed E-state index contributed by atoms with van der Waals surface area (Å²) in [6.07, 6.45) is 0. The smallest absolute Gasteiger partial charge is 0.0926 e. The third-order valence-electron chi connectivity index (χ3n) is 2.41. The molecule has 4 heteroatoms. The van der Waals surface area contributed by atoms with Crippen molar-refractivity contribution in [3.8, 4) is 11.3 Å². The van der Waals surface area contributed by atoms with E-state index in [0.29, 0.717) is 10.7 Å². The van der Waals surface area contributed by atoms with Crippen molar-refractivity contribution in [3.05, 3.63) is 35.0 Å². The standard InChI is InChI=1S/C11H12ClN3/c1-7-5-11(14-15(7)2)8-3-4-10(13)9(12)6-8/h3-6H,13H2,1-2H3. The number of rotatable bonds is 1. The Morgan fingerprint density at radius 2 is 2.07 bits per heavy atom. The lowest BCUT2D eigenvalue weighted by Gasteiger charge is -2.00. The van der Waals surface area contributed by atoms with Crippen LogP contribution in [-0.2, 0) is 7.05 Å². The van der Waals surface area contributed by atoms with Crippen LogP contribution in [0.15, 0.2) is 24.3 Å². The Kier molecular flexibility index (Phi) is 2.40. The Bertz CT molecular complexity index is 483. The van der Waals surface area contributed by atoms with Crippen molar-refractivity contribution in [1.29, 1.82) is 0 Å². The summed E-state index contributed by atoms with van der Waals surface area (Å²) >= 11 is 5.95. The predicted molar refractivity (Wildman–Crippen MR) is 62.8 cm³/mol. The first kappa shape index (κ1) is 10.1. The molecule has 1 aromatic carbocycles. The maximum atomic E-state index is 5.95. The molecule has 0 saturated heterocycles. The van der Waals surface area contributed by atoms with Gasteiger partial charge in [-0.1, -0.05) is 17.7 Å². The van der Waals surface area contributed by atoms with Gasteiger partial charge < -0.3 is 5.73 Å². The molecule has 0 amide bonds. The molecule has 0 aliphatic carbocycles. The highest BCUT2D eigenvalue weighted by Crippen LogP contribution is 2.26. The van der Waals surface area contributed by atoms with Gasteiger partial charge in [0.05, 0.1) is 16.4 Å². The van der Waals surface area contributed by atoms with Gasteiger partial charge in [-0.25, -0.2) is 0 Å². The van der Waals surface area contributed by atoms with Crippen LogP contribution in [0.25, 0.3) is 11.3 Å². The molecule has 0 spiro atoms. The molecule has 2 rings (SSSR count). The van der Waals surface area contributed by atoms with E-state index in [2.05, 4.69) is 5.10 Å². The molecule has 0 saturated carbocycles. The van der Waals surface area contributed by atoms with E-state index < -0.39 is 0 Å². The van der Waals surface area contributed by atoms with E-state index in [9.17, 15) is 0 Å². The fourth-order valence-electron chi connectivity index (χ4n) is 1.39. The number of benzene rings is 1. The number of aromatic nitrogens is 2. The van der Waals surface area contributed by atoms with E-state index in [-0.39, 0.29) is 0 Å². The van der Waals surface area contributed by atoms with Gasteiger partial charge in [0.1, 0.15) is 0 Å². The van der Waals surface area contributed by atoms with Crippen LogP contribution in [0.2, 0.25) is 5.02 Å². The van der Waals surface area contributed by atoms with Crippen LogP contribution in [0, 0.1) is 6.92 Å². The van der Waals surface area contributed by atoms with Crippen LogP contribution in [0.4, 0.5) is 5.69 Å². The Labute approximate surface area is 93.5 Å². The molecule has 0 bridgehead atoms. The van der Waals surface area contributed by atoms with Gasteiger partial charge in [-0.3, -0.25) is 4.68 Å². The summed E-state index contributed by atoms with van der Waals surface area (Å²) in [6, 6.07) is 7.56. The molecule has 0 fully saturated rings. The number of anilines is 1. The lowest BCUT2D eigenvalue weighted by Crippen LogP contribution is -1.92. The monoisotopic (exact) mass is 221 g/mol. The Balaban J connectivity index is 2.49. The van der Waals surface area contributed by atoms with Crippen LogP contribution in [-0.4, -0.2) is 9.78 Å². The van der Waals surface area contributed by atoms with Gasteiger partial charge >= 0.3 is 0 Å². The zero-order valence-corrected chi connectivity index (χ0v) is 9.42. The molecule has 2 aromatic rings. The second-order valence-electron chi connectivity index (χ2n) is 3.53. The normalized spacial score (nSPS) is 10.6. The van der Waals surface area contributed by atoms with Crippen LogP contribution in [0.3, 0.4) is 0 Å². The van der Waals surface area contributed by atoms with Gasteiger partial charge in [-0.2, -0.15) is 5.10 Å². The summed E-state index contributed by atoms with van der Waals surface area (Å²) < 4.78 is 1.83. The molecular weight excluding hydrogens is 210 g/mol. The molecule has 2 N–H and O–H groups in total. The van der Waals surface area contributed by atoms with Crippen LogP contribution >= 0.6 is 11.6 Å². The molecule has 0 aliphatic rings. The highest BCUT2D eigenvalue weighted by atomic mass is 35.5. The van der Waals surface area contributed by atoms with Crippen LogP contribution in [0.5, 0.6) is 0 Å². The van der Waals surface area contributed by atoms with E-state index in [4.69, 9.17) is 17.3 Å². The topological polar surface area (TPSA) is 43.8 Å². The number of halogens is 1. The molecule has 1 aromatic heterocycles. The molecule has 78 valence electrons. The molecule has 1 heterocycles. The predicted octanol–water partition coefficient (Wildman–Crippen LogP) is 2.63. The van der Waals surface area contributed by atoms with Gasteiger partial charge in [0.15, 0.2) is 0 Å². The van der Waals surface area contributed by atoms with Crippen molar-refractivity contribution < 1.29 is 0 Å². The summed E-state index contributed by atoms with van der Waals surface area (Å²) in [7, 11) is 1.91. The lowest BCUT2D eigenvalue weighted by atomic mass is 10.1. The zero-order chi connectivity index (χ0) is 11.0. The Hall–Kier alpha value is -1.48. The van der Waals surface area contributed by atoms with Gasteiger partial charge in [0, 0.05) is 18.3 Å². The molecule has 0 radical (unpaired) electrons. The van der Waals surface area contributed by atoms with E-state index in [1.807, 2.05) is 36.9 Å². The third-order valence-corrected chi connectivity index (χ3v) is 2.74. The van der Waals surface area contributed by atoms with E-state index in [1.165, 1.54) is 0 Å². The first-order valence-corrected chi connectivity index (χ1v) is 5.02. The van der Waals surface area contributed by atoms with Crippen LogP contribution in [0.1, 0.15) is 5.69 Å². The van der Waals surface area contributed by atoms with Crippen molar-refractivity contribution in [1.82, 2.24) is 9.78 Å². The van der Waals surface area contributed by atoms with Crippen molar-refractivity contribution in [2.75, 3.05) is 5.73 Å². The van der Waals surface area contributed by atoms with E-state index >= 15 is 0 Å². The first-order chi connectivity index (χ1) is 7.08. The second kappa shape index (κ2) is 3.59. The largest absolute Gasteiger partial charge is 0.398 e. The Morgan fingerprint density at radius 1 is 1.33 bits per heavy atom. The highest BCUT2D eigenvalue weighted by Gasteiger charge is 2.05. The average Bonchev–Trinajstić information content (AvgIpc) is 2.52. The maximum Gasteiger partial charge on any atom is 0.0926 e. The number of aryl methyl sites for hydroxylation is 2. The minimum Gasteiger partial charge on any atom is -0.398 e. The molecule has 0 unspecified atom stereocenters. The van der Waals surface area contributed by atoms with Gasteiger partial charge in [0.25, 0.3) is 0 Å². The molecule has 0 aliphatic heterocycles. The van der Waals surface area contributed by atoms with Gasteiger partial charge in [0.2, 0.25) is 0 Å². The minimum absolute atomic E-state index is 0.566. The van der Waals surface area contributed by atoms with Crippen LogP contribution < -0.4 is 5.73 Å². The first-order valence-electron chi connectivity index (χ1n) is 4.64. The summed E-state index contributed by atoms with van der Waals surface area (Å²) in [5.41, 5.74) is 9.24. The van der Waals surface area contributed by atoms with Gasteiger partial charge in [-0.15, -0.1) is 0 Å². The van der Waals surface area contributed by atoms with Crippen molar-refractivity contribution in [3.63, 3.8) is 0 Å². The number of nitrogens with two attached hydrogens (primary N) is 1. The number of hydrogen-bond donors (Lipinski definition) is 1. The SMILES string of the molecule is Cc1cc(-c2ccc(N)c(Cl)c2)nn1C. The minimum atomic E-state index is 0.566. The van der Waals surface area contributed by atoms with Crippen molar-refractivity contribution >= 4 is 17.3 Å². The quantitative estimate of drug-likeness (QED) is 0.753. The molecule has 15 heavy (non-hydrogen) atoms. The zero-order valence-electron chi connectivity index (χ0n) is 8.66. The lowest BCUT2D eigenvalue weighted by molar-refractivity contribution is 0.743. The summed E-state index contributed by atoms with van der Waals surface area (Å²) in [4.78, 5) is 0. The number of nitrogens with zero attached hydrogens (tertiary/aromatic N) is 2. The van der Waals surface area contributed by atoms with Crippen molar-refractivity contribution in [2.45, 2.75) is 6.92 Å². The van der Waals surface area contributed by atoms with Gasteiger partial charge in [-0.05, 0) is 25.1 Å². The number of hydrogen-bond acceptors (Lipinski definition) is 2. The summed E-state index contributed by atoms with van der Waals surface area (Å²) in [6.45, 7) is 2.01. The summed E-state index contributed by atoms with van der Waals surface area (Å²) in [5.74, 6) is 0. The number of nitrogen functional groups attached to an aromatic ring is 1. The molecule has 3 nitrogen and oxygen atoms in total. The fourth-order valence-corrected chi connectivity index (χ4v) is 1.57. The maximum absolute atomic E-state index is 5.95. The fraction of sp³-hybridized carbons (Fsp3) is 0.182. The van der Waals surface area contributed by atoms with E-state index in [1.54, 1.807) is 6.07 Å². The molecule has 0 atom stereocenters. The van der Waals surface area contributed by atoms with E-state index in [0.717, 1.165) is 17.0 Å².